The van der Waals surface area contributed by atoms with Crippen molar-refractivity contribution in [2.45, 2.75) is 6.18 Å². The third-order valence-corrected chi connectivity index (χ3v) is 4.53. The summed E-state index contributed by atoms with van der Waals surface area (Å²) in [6.45, 7) is 0. The van der Waals surface area contributed by atoms with Gasteiger partial charge in [0.15, 0.2) is 17.0 Å². The number of halogens is 4. The minimum Gasteiger partial charge on any atom is -0.332 e. The molecule has 5 rings (SSSR count). The number of rotatable bonds is 3. The van der Waals surface area contributed by atoms with E-state index in [1.165, 1.54) is 18.2 Å². The smallest absolute Gasteiger partial charge is 0.332 e. The predicted octanol–water partition coefficient (Wildman–Crippen LogP) is 5.27. The zero-order valence-corrected chi connectivity index (χ0v) is 15.5. The quantitative estimate of drug-likeness (QED) is 0.368. The second kappa shape index (κ2) is 7.01. The molecule has 0 N–H and O–H groups in total. The molecule has 5 aromatic rings. The topological polar surface area (TPSA) is 69.1 Å². The van der Waals surface area contributed by atoms with E-state index in [9.17, 15) is 17.6 Å². The lowest BCUT2D eigenvalue weighted by molar-refractivity contribution is -0.142. The molecule has 3 aromatic heterocycles. The van der Waals surface area contributed by atoms with Crippen LogP contribution in [-0.4, -0.2) is 24.7 Å². The van der Waals surface area contributed by atoms with Crippen molar-refractivity contribution in [2.24, 2.45) is 0 Å². The van der Waals surface area contributed by atoms with Crippen molar-refractivity contribution in [3.63, 3.8) is 0 Å². The molecule has 2 aromatic carbocycles. The molecule has 0 saturated heterocycles. The van der Waals surface area contributed by atoms with Gasteiger partial charge >= 0.3 is 6.18 Å². The Balaban J connectivity index is 1.63. The maximum atomic E-state index is 13.7. The number of fused-ring (bicyclic) bond motifs is 1. The van der Waals surface area contributed by atoms with Gasteiger partial charge in [-0.1, -0.05) is 35.5 Å². The van der Waals surface area contributed by atoms with Gasteiger partial charge in [0.2, 0.25) is 5.82 Å². The zero-order valence-electron chi connectivity index (χ0n) is 15.5. The average molecular weight is 425 g/mol. The van der Waals surface area contributed by atoms with Crippen LogP contribution in [0.4, 0.5) is 17.6 Å². The molecular formula is C21H11F4N5O. The van der Waals surface area contributed by atoms with Gasteiger partial charge in [0.1, 0.15) is 5.82 Å². The van der Waals surface area contributed by atoms with Gasteiger partial charge in [0, 0.05) is 17.2 Å². The molecule has 0 atom stereocenters. The van der Waals surface area contributed by atoms with E-state index >= 15 is 0 Å². The fourth-order valence-electron chi connectivity index (χ4n) is 3.08. The predicted molar refractivity (Wildman–Crippen MR) is 102 cm³/mol. The Morgan fingerprint density at radius 3 is 2.26 bits per heavy atom. The summed E-state index contributed by atoms with van der Waals surface area (Å²) < 4.78 is 60.2. The van der Waals surface area contributed by atoms with Crippen LogP contribution >= 0.6 is 0 Å². The summed E-state index contributed by atoms with van der Waals surface area (Å²) in [4.78, 5) is 8.47. The van der Waals surface area contributed by atoms with E-state index < -0.39 is 17.7 Å². The van der Waals surface area contributed by atoms with Crippen LogP contribution in [0.25, 0.3) is 39.9 Å². The average Bonchev–Trinajstić information content (AvgIpc) is 3.40. The van der Waals surface area contributed by atoms with Crippen LogP contribution in [-0.2, 0) is 6.18 Å². The molecule has 6 nitrogen and oxygen atoms in total. The first-order chi connectivity index (χ1) is 14.9. The molecule has 0 saturated carbocycles. The van der Waals surface area contributed by atoms with Gasteiger partial charge in [-0.15, -0.1) is 0 Å². The first-order valence-corrected chi connectivity index (χ1v) is 9.02. The molecule has 31 heavy (non-hydrogen) atoms. The first-order valence-electron chi connectivity index (χ1n) is 9.02. The van der Waals surface area contributed by atoms with Crippen molar-refractivity contribution < 1.29 is 22.1 Å². The van der Waals surface area contributed by atoms with Gasteiger partial charge < -0.3 is 4.52 Å². The second-order valence-electron chi connectivity index (χ2n) is 6.62. The van der Waals surface area contributed by atoms with Gasteiger partial charge in [0.25, 0.3) is 5.89 Å². The Kier molecular flexibility index (Phi) is 4.28. The lowest BCUT2D eigenvalue weighted by atomic mass is 10.1. The SMILES string of the molecule is Fc1ccc(-c2cc(C(F)(F)F)n3nc(-c4nc(-c5ccccc5)no4)cc3n2)cc1. The van der Waals surface area contributed by atoms with Crippen molar-refractivity contribution in [3.8, 4) is 34.2 Å². The maximum absolute atomic E-state index is 13.7. The number of nitrogens with zero attached hydrogens (tertiary/aromatic N) is 5. The van der Waals surface area contributed by atoms with E-state index in [2.05, 4.69) is 20.2 Å². The standard InChI is InChI=1S/C21H11F4N5O/c22-14-8-6-12(7-9-14)15-10-17(21(23,24)25)30-18(26-15)11-16(28-30)20-27-19(29-31-20)13-4-2-1-3-5-13/h1-11H. The summed E-state index contributed by atoms with van der Waals surface area (Å²) in [6, 6.07) is 16.2. The molecule has 0 fully saturated rings. The largest absolute Gasteiger partial charge is 0.433 e. The van der Waals surface area contributed by atoms with Crippen LogP contribution in [0.3, 0.4) is 0 Å². The molecule has 0 bridgehead atoms. The highest BCUT2D eigenvalue weighted by atomic mass is 19.4. The molecule has 3 heterocycles. The van der Waals surface area contributed by atoms with E-state index in [1.54, 1.807) is 24.3 Å². The van der Waals surface area contributed by atoms with Crippen molar-refractivity contribution in [1.29, 1.82) is 0 Å². The van der Waals surface area contributed by atoms with Gasteiger partial charge in [0.05, 0.1) is 5.69 Å². The van der Waals surface area contributed by atoms with Crippen molar-refractivity contribution in [1.82, 2.24) is 24.7 Å². The lowest BCUT2D eigenvalue weighted by Crippen LogP contribution is -2.13. The summed E-state index contributed by atoms with van der Waals surface area (Å²) in [5.74, 6) is -0.261. The number of alkyl halides is 3. The number of aromatic nitrogens is 5. The van der Waals surface area contributed by atoms with Crippen LogP contribution in [0.1, 0.15) is 5.69 Å². The fourth-order valence-corrected chi connectivity index (χ4v) is 3.08. The molecule has 0 radical (unpaired) electrons. The second-order valence-corrected chi connectivity index (χ2v) is 6.62. The monoisotopic (exact) mass is 425 g/mol. The molecule has 0 amide bonds. The number of hydrogen-bond donors (Lipinski definition) is 0. The van der Waals surface area contributed by atoms with Crippen LogP contribution in [0.15, 0.2) is 71.3 Å². The summed E-state index contributed by atoms with van der Waals surface area (Å²) in [5, 5.41) is 7.85. The Morgan fingerprint density at radius 2 is 1.55 bits per heavy atom. The van der Waals surface area contributed by atoms with Crippen molar-refractivity contribution in [3.05, 3.63) is 78.2 Å². The van der Waals surface area contributed by atoms with E-state index in [1.807, 2.05) is 6.07 Å². The number of benzene rings is 2. The molecule has 154 valence electrons. The van der Waals surface area contributed by atoms with E-state index in [4.69, 9.17) is 4.52 Å². The zero-order chi connectivity index (χ0) is 21.6. The Bertz CT molecular complexity index is 1370. The van der Waals surface area contributed by atoms with Gasteiger partial charge in [-0.2, -0.15) is 23.3 Å². The summed E-state index contributed by atoms with van der Waals surface area (Å²) >= 11 is 0. The van der Waals surface area contributed by atoms with Gasteiger partial charge in [-0.3, -0.25) is 0 Å². The Morgan fingerprint density at radius 1 is 0.806 bits per heavy atom. The normalized spacial score (nSPS) is 11.9. The number of hydrogen-bond acceptors (Lipinski definition) is 5. The van der Waals surface area contributed by atoms with Gasteiger partial charge in [-0.05, 0) is 30.3 Å². The van der Waals surface area contributed by atoms with E-state index in [-0.39, 0.29) is 28.8 Å². The molecular weight excluding hydrogens is 414 g/mol. The summed E-state index contributed by atoms with van der Waals surface area (Å²) in [5.41, 5.74) is -0.00419. The van der Waals surface area contributed by atoms with Crippen LogP contribution in [0, 0.1) is 5.82 Å². The third-order valence-electron chi connectivity index (χ3n) is 4.53. The van der Waals surface area contributed by atoms with E-state index in [0.717, 1.165) is 18.2 Å². The highest BCUT2D eigenvalue weighted by Crippen LogP contribution is 2.33. The molecule has 0 aliphatic heterocycles. The fraction of sp³-hybridized carbons (Fsp3) is 0.0476. The summed E-state index contributed by atoms with van der Waals surface area (Å²) in [6.07, 6.45) is -4.71. The van der Waals surface area contributed by atoms with E-state index in [0.29, 0.717) is 15.6 Å². The van der Waals surface area contributed by atoms with Crippen LogP contribution in [0.2, 0.25) is 0 Å². The Labute approximate surface area is 171 Å². The maximum Gasteiger partial charge on any atom is 0.433 e. The van der Waals surface area contributed by atoms with Crippen molar-refractivity contribution >= 4 is 5.65 Å². The lowest BCUT2D eigenvalue weighted by Gasteiger charge is -2.11. The molecule has 0 spiro atoms. The minimum atomic E-state index is -4.71. The third kappa shape index (κ3) is 3.52. The highest BCUT2D eigenvalue weighted by Gasteiger charge is 2.35. The van der Waals surface area contributed by atoms with Crippen molar-refractivity contribution in [2.75, 3.05) is 0 Å². The first kappa shape index (κ1) is 18.9. The molecule has 0 aliphatic carbocycles. The molecule has 0 aliphatic rings. The van der Waals surface area contributed by atoms with Crippen LogP contribution < -0.4 is 0 Å². The molecule has 0 unspecified atom stereocenters. The molecule has 10 heteroatoms. The Hall–Kier alpha value is -4.08. The highest BCUT2D eigenvalue weighted by molar-refractivity contribution is 5.66. The summed E-state index contributed by atoms with van der Waals surface area (Å²) in [7, 11) is 0. The van der Waals surface area contributed by atoms with Crippen LogP contribution in [0.5, 0.6) is 0 Å². The van der Waals surface area contributed by atoms with Gasteiger partial charge in [-0.25, -0.2) is 13.9 Å². The minimum absolute atomic E-state index is 0.0294.